The van der Waals surface area contributed by atoms with Crippen molar-refractivity contribution in [3.05, 3.63) is 56.4 Å². The van der Waals surface area contributed by atoms with Crippen molar-refractivity contribution in [2.24, 2.45) is 0 Å². The minimum absolute atomic E-state index is 0.0135. The van der Waals surface area contributed by atoms with Crippen molar-refractivity contribution in [3.8, 4) is 0 Å². The van der Waals surface area contributed by atoms with Crippen LogP contribution in [0.25, 0.3) is 0 Å². The van der Waals surface area contributed by atoms with Crippen LogP contribution in [0, 0.1) is 20.2 Å². The van der Waals surface area contributed by atoms with Crippen LogP contribution in [0.4, 0.5) is 23.0 Å². The number of carbonyl (C=O) groups is 1. The Morgan fingerprint density at radius 1 is 1.04 bits per heavy atom. The average molecular weight is 389 g/mol. The number of nitrogens with zero attached hydrogens (tertiary/aromatic N) is 4. The Kier molecular flexibility index (Phi) is 6.03. The highest BCUT2D eigenvalue weighted by Gasteiger charge is 2.26. The first-order valence-electron chi connectivity index (χ1n) is 8.12. The molecule has 1 amide bonds. The number of nitro groups is 2. The molecule has 148 valence electrons. The van der Waals surface area contributed by atoms with E-state index in [0.29, 0.717) is 5.56 Å². The highest BCUT2D eigenvalue weighted by Crippen LogP contribution is 2.30. The second kappa shape index (κ2) is 8.24. The third-order valence-electron chi connectivity index (χ3n) is 3.33. The number of hydrazine groups is 1. The summed E-state index contributed by atoms with van der Waals surface area (Å²) in [5, 5.41) is 25.0. The molecule has 0 fully saturated rings. The molecule has 0 bridgehead atoms. The molecule has 1 heterocycles. The predicted octanol–water partition coefficient (Wildman–Crippen LogP) is 2.19. The molecular formula is C16H19N7O5. The van der Waals surface area contributed by atoms with E-state index in [1.807, 2.05) is 20.8 Å². The van der Waals surface area contributed by atoms with Crippen LogP contribution in [-0.2, 0) is 11.2 Å². The van der Waals surface area contributed by atoms with E-state index in [2.05, 4.69) is 26.1 Å². The van der Waals surface area contributed by atoms with E-state index in [1.165, 1.54) is 24.3 Å². The third kappa shape index (κ3) is 5.59. The van der Waals surface area contributed by atoms with Crippen molar-refractivity contribution in [2.45, 2.75) is 32.7 Å². The number of rotatable bonds is 7. The van der Waals surface area contributed by atoms with Gasteiger partial charge in [0, 0.05) is 17.7 Å². The SMILES string of the molecule is CC(C)(C)Nc1ncnc(NNC(=O)Cc2ccc([N+](=O)[O-])cc2)c1[N+](=O)[O-]. The minimum Gasteiger partial charge on any atom is -0.360 e. The van der Waals surface area contributed by atoms with E-state index in [1.54, 1.807) is 0 Å². The van der Waals surface area contributed by atoms with Crippen LogP contribution in [0.1, 0.15) is 26.3 Å². The fourth-order valence-corrected chi connectivity index (χ4v) is 2.18. The van der Waals surface area contributed by atoms with Gasteiger partial charge in [-0.15, -0.1) is 0 Å². The van der Waals surface area contributed by atoms with E-state index in [4.69, 9.17) is 0 Å². The molecule has 3 N–H and O–H groups in total. The minimum atomic E-state index is -0.654. The van der Waals surface area contributed by atoms with Gasteiger partial charge in [0.15, 0.2) is 0 Å². The molecule has 0 aliphatic heterocycles. The van der Waals surface area contributed by atoms with Crippen molar-refractivity contribution in [1.82, 2.24) is 15.4 Å². The average Bonchev–Trinajstić information content (AvgIpc) is 2.58. The molecular weight excluding hydrogens is 370 g/mol. The predicted molar refractivity (Wildman–Crippen MR) is 101 cm³/mol. The molecule has 2 rings (SSSR count). The topological polar surface area (TPSA) is 165 Å². The first kappa shape index (κ1) is 20.5. The van der Waals surface area contributed by atoms with Gasteiger partial charge in [-0.2, -0.15) is 0 Å². The summed E-state index contributed by atoms with van der Waals surface area (Å²) in [6.45, 7) is 5.45. The van der Waals surface area contributed by atoms with Crippen LogP contribution in [-0.4, -0.2) is 31.3 Å². The zero-order valence-electron chi connectivity index (χ0n) is 15.4. The molecule has 28 heavy (non-hydrogen) atoms. The Labute approximate surface area is 159 Å². The largest absolute Gasteiger partial charge is 0.360 e. The lowest BCUT2D eigenvalue weighted by Crippen LogP contribution is -2.32. The second-order valence-electron chi connectivity index (χ2n) is 6.83. The molecule has 0 aliphatic carbocycles. The molecule has 0 unspecified atom stereocenters. The van der Waals surface area contributed by atoms with Gasteiger partial charge in [0.2, 0.25) is 17.5 Å². The Bertz CT molecular complexity index is 893. The molecule has 0 radical (unpaired) electrons. The first-order chi connectivity index (χ1) is 13.1. The summed E-state index contributed by atoms with van der Waals surface area (Å²) in [7, 11) is 0. The molecule has 1 aromatic heterocycles. The summed E-state index contributed by atoms with van der Waals surface area (Å²) >= 11 is 0. The molecule has 0 aliphatic rings. The van der Waals surface area contributed by atoms with Gasteiger partial charge in [-0.05, 0) is 26.3 Å². The van der Waals surface area contributed by atoms with Crippen molar-refractivity contribution in [3.63, 3.8) is 0 Å². The number of amides is 1. The molecule has 0 saturated heterocycles. The van der Waals surface area contributed by atoms with Gasteiger partial charge in [-0.1, -0.05) is 12.1 Å². The summed E-state index contributed by atoms with van der Waals surface area (Å²) < 4.78 is 0. The number of anilines is 2. The third-order valence-corrected chi connectivity index (χ3v) is 3.33. The maximum Gasteiger partial charge on any atom is 0.354 e. The number of hydrogen-bond acceptors (Lipinski definition) is 9. The number of nitrogens with one attached hydrogen (secondary N) is 3. The van der Waals surface area contributed by atoms with Crippen LogP contribution >= 0.6 is 0 Å². The highest BCUT2D eigenvalue weighted by molar-refractivity contribution is 5.81. The summed E-state index contributed by atoms with van der Waals surface area (Å²) in [5.74, 6) is -0.671. The number of aromatic nitrogens is 2. The number of non-ortho nitro benzene ring substituents is 1. The Morgan fingerprint density at radius 2 is 1.64 bits per heavy atom. The number of carbonyl (C=O) groups excluding carboxylic acids is 1. The normalized spacial score (nSPS) is 10.8. The molecule has 0 atom stereocenters. The number of hydrogen-bond donors (Lipinski definition) is 3. The Hall–Kier alpha value is -3.83. The van der Waals surface area contributed by atoms with Crippen molar-refractivity contribution in [1.29, 1.82) is 0 Å². The van der Waals surface area contributed by atoms with E-state index in [-0.39, 0.29) is 23.7 Å². The fourth-order valence-electron chi connectivity index (χ4n) is 2.18. The van der Waals surface area contributed by atoms with E-state index >= 15 is 0 Å². The smallest absolute Gasteiger partial charge is 0.354 e. The van der Waals surface area contributed by atoms with Crippen LogP contribution in [0.2, 0.25) is 0 Å². The lowest BCUT2D eigenvalue weighted by Gasteiger charge is -2.21. The summed E-state index contributed by atoms with van der Waals surface area (Å²) in [5.41, 5.74) is 4.32. The maximum atomic E-state index is 12.1. The van der Waals surface area contributed by atoms with Gasteiger partial charge >= 0.3 is 5.69 Å². The summed E-state index contributed by atoms with van der Waals surface area (Å²) in [6.07, 6.45) is 1.04. The van der Waals surface area contributed by atoms with Crippen molar-refractivity contribution < 1.29 is 14.6 Å². The quantitative estimate of drug-likeness (QED) is 0.475. The fraction of sp³-hybridized carbons (Fsp3) is 0.312. The van der Waals surface area contributed by atoms with Gasteiger partial charge in [0.1, 0.15) is 6.33 Å². The summed E-state index contributed by atoms with van der Waals surface area (Å²) in [4.78, 5) is 40.6. The lowest BCUT2D eigenvalue weighted by molar-refractivity contribution is -0.384. The zero-order chi connectivity index (χ0) is 20.9. The van der Waals surface area contributed by atoms with Crippen LogP contribution in [0.5, 0.6) is 0 Å². The van der Waals surface area contributed by atoms with Crippen LogP contribution in [0.3, 0.4) is 0 Å². The highest BCUT2D eigenvalue weighted by atomic mass is 16.6. The van der Waals surface area contributed by atoms with Crippen LogP contribution in [0.15, 0.2) is 30.6 Å². The monoisotopic (exact) mass is 389 g/mol. The van der Waals surface area contributed by atoms with E-state index in [9.17, 15) is 25.0 Å². The standard InChI is InChI=1S/C16H19N7O5/c1-16(2,3)19-14-13(23(27)28)15(18-9-17-14)21-20-12(24)8-10-4-6-11(7-5-10)22(25)26/h4-7,9H,8H2,1-3H3,(H,20,24)(H2,17,18,19,21). The van der Waals surface area contributed by atoms with Gasteiger partial charge in [-0.25, -0.2) is 9.97 Å². The van der Waals surface area contributed by atoms with Gasteiger partial charge in [-0.3, -0.25) is 35.9 Å². The maximum absolute atomic E-state index is 12.1. The Morgan fingerprint density at radius 3 is 2.18 bits per heavy atom. The number of benzene rings is 1. The summed E-state index contributed by atoms with van der Waals surface area (Å²) in [6, 6.07) is 5.48. The number of nitro benzene ring substituents is 1. The van der Waals surface area contributed by atoms with Gasteiger partial charge in [0.25, 0.3) is 5.69 Å². The van der Waals surface area contributed by atoms with Crippen LogP contribution < -0.4 is 16.2 Å². The van der Waals surface area contributed by atoms with Gasteiger partial charge < -0.3 is 5.32 Å². The molecule has 2 aromatic rings. The molecule has 1 aromatic carbocycles. The van der Waals surface area contributed by atoms with E-state index < -0.39 is 27.0 Å². The molecule has 12 heteroatoms. The molecule has 0 spiro atoms. The van der Waals surface area contributed by atoms with Gasteiger partial charge in [0.05, 0.1) is 16.3 Å². The zero-order valence-corrected chi connectivity index (χ0v) is 15.4. The van der Waals surface area contributed by atoms with E-state index in [0.717, 1.165) is 6.33 Å². The lowest BCUT2D eigenvalue weighted by atomic mass is 10.1. The first-order valence-corrected chi connectivity index (χ1v) is 8.12. The Balaban J connectivity index is 2.08. The molecule has 12 nitrogen and oxygen atoms in total. The second-order valence-corrected chi connectivity index (χ2v) is 6.83. The van der Waals surface area contributed by atoms with Crippen molar-refractivity contribution >= 4 is 28.9 Å². The van der Waals surface area contributed by atoms with Crippen molar-refractivity contribution in [2.75, 3.05) is 10.7 Å². The molecule has 0 saturated carbocycles.